The molecule has 0 amide bonds. The molecule has 1 heterocycles. The predicted octanol–water partition coefficient (Wildman–Crippen LogP) is 6.07. The zero-order chi connectivity index (χ0) is 15.5. The Kier molecular flexibility index (Phi) is 6.31. The van der Waals surface area contributed by atoms with Gasteiger partial charge in [0, 0.05) is 0 Å². The van der Waals surface area contributed by atoms with Crippen LogP contribution in [0.5, 0.6) is 0 Å². The van der Waals surface area contributed by atoms with E-state index in [-0.39, 0.29) is 0 Å². The molecule has 0 radical (unpaired) electrons. The Morgan fingerprint density at radius 2 is 1.55 bits per heavy atom. The van der Waals surface area contributed by atoms with Gasteiger partial charge in [-0.2, -0.15) is 0 Å². The van der Waals surface area contributed by atoms with Gasteiger partial charge in [0.1, 0.15) is 18.9 Å². The van der Waals surface area contributed by atoms with Crippen molar-refractivity contribution >= 4 is 35.6 Å². The van der Waals surface area contributed by atoms with Gasteiger partial charge in [0.15, 0.2) is 0 Å². The highest BCUT2D eigenvalue weighted by Crippen LogP contribution is 2.40. The quantitative estimate of drug-likeness (QED) is 0.356. The molecule has 1 nitrogen and oxygen atoms in total. The molecular weight excluding hydrogens is 350 g/mol. The number of halogens is 2. The summed E-state index contributed by atoms with van der Waals surface area (Å²) in [6.45, 7) is 13.9. The minimum absolute atomic E-state index is 0.475. The maximum Gasteiger partial charge on any atom is 0.146 e. The normalized spacial score (nSPS) is 11.9. The van der Waals surface area contributed by atoms with Gasteiger partial charge in [-0.3, -0.25) is 0 Å². The predicted molar refractivity (Wildman–Crippen MR) is 94.9 cm³/mol. The fraction of sp³-hybridized carbons (Fsp3) is 0.562. The number of rotatable bonds is 3. The molecule has 0 fully saturated rings. The molecule has 0 aliphatic heterocycles. The van der Waals surface area contributed by atoms with E-state index in [4.69, 9.17) is 11.6 Å². The van der Waals surface area contributed by atoms with Crippen molar-refractivity contribution < 1.29 is 0 Å². The summed E-state index contributed by atoms with van der Waals surface area (Å²) in [5.74, 6) is 3.29. The monoisotopic (exact) mass is 371 g/mol. The molecule has 110 valence electrons. The second kappa shape index (κ2) is 7.11. The van der Waals surface area contributed by atoms with E-state index in [1.165, 1.54) is 0 Å². The molecule has 20 heavy (non-hydrogen) atoms. The van der Waals surface area contributed by atoms with Gasteiger partial charge >= 0.3 is 0 Å². The Bertz CT molecular complexity index is 507. The van der Waals surface area contributed by atoms with Crippen molar-refractivity contribution in [3.63, 3.8) is 0 Å². The van der Waals surface area contributed by atoms with Crippen LogP contribution in [-0.4, -0.2) is 13.1 Å². The third-order valence-corrected chi connectivity index (χ3v) is 11.5. The van der Waals surface area contributed by atoms with Gasteiger partial charge in [-0.05, 0) is 44.7 Å². The van der Waals surface area contributed by atoms with Gasteiger partial charge < -0.3 is 0 Å². The molecular formula is C16H23BrClNSi. The number of hydrogen-bond acceptors (Lipinski definition) is 1. The van der Waals surface area contributed by atoms with E-state index in [0.29, 0.717) is 21.8 Å². The second-order valence-electron chi connectivity index (χ2n) is 6.12. The Hall–Kier alpha value is -0.303. The lowest BCUT2D eigenvalue weighted by Gasteiger charge is -2.38. The molecule has 0 aromatic carbocycles. The SMILES string of the molecule is CC(C)[Si](C#Cc1ccc(Br)c(Cl)n1)(C(C)C)C(C)C. The van der Waals surface area contributed by atoms with E-state index < -0.39 is 8.07 Å². The Balaban J connectivity index is 3.26. The number of hydrogen-bond donors (Lipinski definition) is 0. The molecule has 0 unspecified atom stereocenters. The highest BCUT2D eigenvalue weighted by Gasteiger charge is 2.41. The zero-order valence-electron chi connectivity index (χ0n) is 13.1. The van der Waals surface area contributed by atoms with E-state index >= 15 is 0 Å². The molecule has 0 N–H and O–H groups in total. The van der Waals surface area contributed by atoms with Crippen LogP contribution >= 0.6 is 27.5 Å². The van der Waals surface area contributed by atoms with Crippen LogP contribution in [0, 0.1) is 11.5 Å². The van der Waals surface area contributed by atoms with Crippen LogP contribution in [0.15, 0.2) is 16.6 Å². The Morgan fingerprint density at radius 1 is 1.05 bits per heavy atom. The zero-order valence-corrected chi connectivity index (χ0v) is 16.4. The van der Waals surface area contributed by atoms with E-state index in [0.717, 1.165) is 10.2 Å². The van der Waals surface area contributed by atoms with Gasteiger partial charge in [0.25, 0.3) is 0 Å². The van der Waals surface area contributed by atoms with Crippen molar-refractivity contribution in [3.05, 3.63) is 27.5 Å². The molecule has 0 atom stereocenters. The largest absolute Gasteiger partial charge is 0.226 e. The van der Waals surface area contributed by atoms with Crippen molar-refractivity contribution in [2.75, 3.05) is 0 Å². The van der Waals surface area contributed by atoms with Gasteiger partial charge in [-0.1, -0.05) is 59.1 Å². The molecule has 0 aliphatic carbocycles. The van der Waals surface area contributed by atoms with Crippen LogP contribution in [0.4, 0.5) is 0 Å². The lowest BCUT2D eigenvalue weighted by Crippen LogP contribution is -2.43. The van der Waals surface area contributed by atoms with Crippen LogP contribution in [0.25, 0.3) is 0 Å². The summed E-state index contributed by atoms with van der Waals surface area (Å²) in [5.41, 5.74) is 6.29. The summed E-state index contributed by atoms with van der Waals surface area (Å²) < 4.78 is 0.810. The highest BCUT2D eigenvalue weighted by molar-refractivity contribution is 9.10. The molecule has 0 spiro atoms. The average Bonchev–Trinajstić information content (AvgIpc) is 2.33. The molecule has 0 aliphatic rings. The van der Waals surface area contributed by atoms with Crippen molar-refractivity contribution in [1.29, 1.82) is 0 Å². The van der Waals surface area contributed by atoms with Crippen LogP contribution in [-0.2, 0) is 0 Å². The summed E-state index contributed by atoms with van der Waals surface area (Å²) in [6, 6.07) is 3.83. The Morgan fingerprint density at radius 3 is 1.95 bits per heavy atom. The second-order valence-corrected chi connectivity index (χ2v) is 12.9. The summed E-state index contributed by atoms with van der Waals surface area (Å²) in [4.78, 5) is 4.32. The average molecular weight is 373 g/mol. The van der Waals surface area contributed by atoms with E-state index in [1.807, 2.05) is 12.1 Å². The number of aromatic nitrogens is 1. The summed E-state index contributed by atoms with van der Waals surface area (Å²) in [5, 5.41) is 0.475. The summed E-state index contributed by atoms with van der Waals surface area (Å²) in [6.07, 6.45) is 0. The fourth-order valence-corrected chi connectivity index (χ4v) is 8.68. The van der Waals surface area contributed by atoms with E-state index in [1.54, 1.807) is 0 Å². The van der Waals surface area contributed by atoms with Crippen LogP contribution in [0.2, 0.25) is 21.8 Å². The Labute approximate surface area is 137 Å². The third kappa shape index (κ3) is 3.66. The highest BCUT2D eigenvalue weighted by atomic mass is 79.9. The first-order valence-electron chi connectivity index (χ1n) is 7.07. The minimum Gasteiger partial charge on any atom is -0.226 e. The number of nitrogens with zero attached hydrogens (tertiary/aromatic N) is 1. The first kappa shape index (κ1) is 17.7. The van der Waals surface area contributed by atoms with Crippen LogP contribution < -0.4 is 0 Å². The molecule has 0 saturated heterocycles. The van der Waals surface area contributed by atoms with Gasteiger partial charge in [0.2, 0.25) is 0 Å². The van der Waals surface area contributed by atoms with Crippen molar-refractivity contribution in [3.8, 4) is 11.5 Å². The molecule has 0 saturated carbocycles. The topological polar surface area (TPSA) is 12.9 Å². The van der Waals surface area contributed by atoms with Crippen molar-refractivity contribution in [2.24, 2.45) is 0 Å². The van der Waals surface area contributed by atoms with Crippen molar-refractivity contribution in [1.82, 2.24) is 4.98 Å². The van der Waals surface area contributed by atoms with Crippen LogP contribution in [0.1, 0.15) is 47.2 Å². The lowest BCUT2D eigenvalue weighted by atomic mass is 10.4. The first-order valence-corrected chi connectivity index (χ1v) is 10.5. The molecule has 1 aromatic rings. The van der Waals surface area contributed by atoms with Gasteiger partial charge in [-0.15, -0.1) is 5.54 Å². The van der Waals surface area contributed by atoms with E-state index in [2.05, 4.69) is 73.9 Å². The molecule has 0 bridgehead atoms. The van der Waals surface area contributed by atoms with Gasteiger partial charge in [-0.25, -0.2) is 4.98 Å². The molecule has 1 aromatic heterocycles. The van der Waals surface area contributed by atoms with E-state index in [9.17, 15) is 0 Å². The fourth-order valence-electron chi connectivity index (χ4n) is 3.09. The number of pyridine rings is 1. The third-order valence-electron chi connectivity index (χ3n) is 4.08. The maximum absolute atomic E-state index is 6.04. The summed E-state index contributed by atoms with van der Waals surface area (Å²) in [7, 11) is -1.70. The molecule has 4 heteroatoms. The first-order chi connectivity index (χ1) is 9.21. The lowest BCUT2D eigenvalue weighted by molar-refractivity contribution is 0.838. The molecule has 1 rings (SSSR count). The van der Waals surface area contributed by atoms with Crippen LogP contribution in [0.3, 0.4) is 0 Å². The standard InChI is InChI=1S/C16H23BrClNSi/c1-11(2)20(12(3)4,13(5)6)10-9-14-7-8-15(17)16(18)19-14/h7-8,11-13H,1-6H3. The van der Waals surface area contributed by atoms with Crippen molar-refractivity contribution in [2.45, 2.75) is 58.2 Å². The minimum atomic E-state index is -1.70. The van der Waals surface area contributed by atoms with Gasteiger partial charge in [0.05, 0.1) is 4.47 Å². The maximum atomic E-state index is 6.04. The smallest absolute Gasteiger partial charge is 0.146 e. The summed E-state index contributed by atoms with van der Waals surface area (Å²) >= 11 is 9.39.